The minimum Gasteiger partial charge on any atom is -0.354 e. The summed E-state index contributed by atoms with van der Waals surface area (Å²) in [5, 5.41) is 5.50. The number of halogens is 1. The molecule has 1 unspecified atom stereocenters. The van der Waals surface area contributed by atoms with E-state index < -0.39 is 0 Å². The molecule has 1 aliphatic rings. The van der Waals surface area contributed by atoms with Gasteiger partial charge in [0.15, 0.2) is 0 Å². The van der Waals surface area contributed by atoms with Crippen molar-refractivity contribution >= 4 is 17.9 Å². The number of piperidine rings is 1. The molecule has 0 radical (unpaired) electrons. The Morgan fingerprint density at radius 2 is 2.11 bits per heavy atom. The van der Waals surface area contributed by atoms with Gasteiger partial charge in [-0.2, -0.15) is 0 Å². The van der Waals surface area contributed by atoms with Crippen molar-refractivity contribution in [3.05, 3.63) is 41.7 Å². The van der Waals surface area contributed by atoms with E-state index in [-0.39, 0.29) is 23.7 Å². The third-order valence-electron chi connectivity index (χ3n) is 2.91. The van der Waals surface area contributed by atoms with E-state index in [0.717, 1.165) is 5.56 Å². The van der Waals surface area contributed by atoms with E-state index >= 15 is 0 Å². The first-order chi connectivity index (χ1) is 9.13. The topological polar surface area (TPSA) is 58.2 Å². The number of hydrogen-bond donors (Lipinski definition) is 2. The predicted molar refractivity (Wildman–Crippen MR) is 69.6 cm³/mol. The summed E-state index contributed by atoms with van der Waals surface area (Å²) in [7, 11) is 0. The largest absolute Gasteiger partial charge is 0.354 e. The van der Waals surface area contributed by atoms with E-state index in [2.05, 4.69) is 10.6 Å². The molecule has 1 aliphatic heterocycles. The Morgan fingerprint density at radius 3 is 2.74 bits per heavy atom. The fourth-order valence-electron chi connectivity index (χ4n) is 1.85. The summed E-state index contributed by atoms with van der Waals surface area (Å²) >= 11 is 0. The maximum atomic E-state index is 12.7. The molecular weight excluding hydrogens is 247 g/mol. The monoisotopic (exact) mass is 262 g/mol. The van der Waals surface area contributed by atoms with Crippen molar-refractivity contribution in [2.24, 2.45) is 0 Å². The molecule has 1 saturated heterocycles. The minimum absolute atomic E-state index is 0.0207. The molecule has 4 nitrogen and oxygen atoms in total. The van der Waals surface area contributed by atoms with E-state index in [1.165, 1.54) is 18.2 Å². The number of benzene rings is 1. The Balaban J connectivity index is 1.83. The molecule has 0 saturated carbocycles. The zero-order valence-electron chi connectivity index (χ0n) is 10.4. The van der Waals surface area contributed by atoms with Crippen LogP contribution in [0.15, 0.2) is 30.3 Å². The maximum Gasteiger partial charge on any atom is 0.244 e. The number of nitrogens with one attached hydrogen (secondary N) is 2. The molecule has 5 heteroatoms. The Hall–Kier alpha value is -2.17. The minimum atomic E-state index is -0.306. The number of carbonyl (C=O) groups excluding carboxylic acids is 2. The van der Waals surface area contributed by atoms with Crippen LogP contribution in [-0.2, 0) is 9.59 Å². The van der Waals surface area contributed by atoms with Gasteiger partial charge in [0.1, 0.15) is 5.82 Å². The Bertz CT molecular complexity index is 487. The molecule has 2 amide bonds. The van der Waals surface area contributed by atoms with Gasteiger partial charge in [-0.3, -0.25) is 9.59 Å². The molecule has 1 fully saturated rings. The molecule has 2 N–H and O–H groups in total. The van der Waals surface area contributed by atoms with E-state index in [9.17, 15) is 14.0 Å². The average Bonchev–Trinajstić information content (AvgIpc) is 2.41. The van der Waals surface area contributed by atoms with Crippen LogP contribution in [0.3, 0.4) is 0 Å². The second kappa shape index (κ2) is 6.13. The molecule has 0 bridgehead atoms. The second-order valence-electron chi connectivity index (χ2n) is 4.43. The lowest BCUT2D eigenvalue weighted by atomic mass is 10.1. The van der Waals surface area contributed by atoms with E-state index in [4.69, 9.17) is 0 Å². The van der Waals surface area contributed by atoms with Gasteiger partial charge < -0.3 is 10.6 Å². The quantitative estimate of drug-likeness (QED) is 0.805. The highest BCUT2D eigenvalue weighted by atomic mass is 19.1. The summed E-state index contributed by atoms with van der Waals surface area (Å²) in [5.41, 5.74) is 0.758. The highest BCUT2D eigenvalue weighted by Gasteiger charge is 2.18. The van der Waals surface area contributed by atoms with Gasteiger partial charge in [0.25, 0.3) is 0 Å². The highest BCUT2D eigenvalue weighted by molar-refractivity contribution is 5.92. The second-order valence-corrected chi connectivity index (χ2v) is 4.43. The molecule has 19 heavy (non-hydrogen) atoms. The first-order valence-electron chi connectivity index (χ1n) is 6.14. The van der Waals surface area contributed by atoms with E-state index in [1.54, 1.807) is 18.2 Å². The van der Waals surface area contributed by atoms with E-state index in [1.807, 2.05) is 0 Å². The van der Waals surface area contributed by atoms with Crippen molar-refractivity contribution in [2.75, 3.05) is 6.54 Å². The fourth-order valence-corrected chi connectivity index (χ4v) is 1.85. The summed E-state index contributed by atoms with van der Waals surface area (Å²) in [6.07, 6.45) is 4.12. The van der Waals surface area contributed by atoms with Gasteiger partial charge in [-0.05, 0) is 30.2 Å². The van der Waals surface area contributed by atoms with Crippen molar-refractivity contribution in [3.63, 3.8) is 0 Å². The van der Waals surface area contributed by atoms with Gasteiger partial charge in [-0.15, -0.1) is 0 Å². The lowest BCUT2D eigenvalue weighted by molar-refractivity contribution is -0.124. The fraction of sp³-hybridized carbons (Fsp3) is 0.286. The Morgan fingerprint density at radius 1 is 1.37 bits per heavy atom. The summed E-state index contributed by atoms with van der Waals surface area (Å²) < 4.78 is 12.7. The SMILES string of the molecule is O=C(C=Cc1ccc(F)cc1)NC1CCC(=O)NC1. The van der Waals surface area contributed by atoms with Crippen LogP contribution in [0.5, 0.6) is 0 Å². The van der Waals surface area contributed by atoms with Gasteiger partial charge in [-0.25, -0.2) is 4.39 Å². The summed E-state index contributed by atoms with van der Waals surface area (Å²) in [6.45, 7) is 0.467. The van der Waals surface area contributed by atoms with Crippen LogP contribution >= 0.6 is 0 Å². The zero-order valence-corrected chi connectivity index (χ0v) is 10.4. The highest BCUT2D eigenvalue weighted by Crippen LogP contribution is 2.05. The lowest BCUT2D eigenvalue weighted by Crippen LogP contribution is -2.47. The third-order valence-corrected chi connectivity index (χ3v) is 2.91. The summed E-state index contributed by atoms with van der Waals surface area (Å²) in [4.78, 5) is 22.6. The van der Waals surface area contributed by atoms with Gasteiger partial charge in [0, 0.05) is 25.1 Å². The number of amides is 2. The van der Waals surface area contributed by atoms with Crippen molar-refractivity contribution in [2.45, 2.75) is 18.9 Å². The summed E-state index contributed by atoms with van der Waals surface area (Å²) in [6, 6.07) is 5.85. The maximum absolute atomic E-state index is 12.7. The van der Waals surface area contributed by atoms with Crippen molar-refractivity contribution < 1.29 is 14.0 Å². The number of carbonyl (C=O) groups is 2. The average molecular weight is 262 g/mol. The van der Waals surface area contributed by atoms with Crippen LogP contribution in [0, 0.1) is 5.82 Å². The molecule has 1 atom stereocenters. The van der Waals surface area contributed by atoms with Crippen molar-refractivity contribution in [1.82, 2.24) is 10.6 Å². The van der Waals surface area contributed by atoms with Crippen molar-refractivity contribution in [3.8, 4) is 0 Å². The first-order valence-corrected chi connectivity index (χ1v) is 6.14. The molecule has 1 heterocycles. The molecule has 100 valence electrons. The molecule has 0 aliphatic carbocycles. The molecular formula is C14H15FN2O2. The zero-order chi connectivity index (χ0) is 13.7. The van der Waals surface area contributed by atoms with Crippen LogP contribution < -0.4 is 10.6 Å². The molecule has 0 aromatic heterocycles. The number of hydrogen-bond acceptors (Lipinski definition) is 2. The molecule has 0 spiro atoms. The normalized spacial score (nSPS) is 19.2. The van der Waals surface area contributed by atoms with Gasteiger partial charge in [0.2, 0.25) is 11.8 Å². The van der Waals surface area contributed by atoms with Gasteiger partial charge >= 0.3 is 0 Å². The Labute approximate surface area is 110 Å². The van der Waals surface area contributed by atoms with Crippen molar-refractivity contribution in [1.29, 1.82) is 0 Å². The van der Waals surface area contributed by atoms with Gasteiger partial charge in [-0.1, -0.05) is 12.1 Å². The molecule has 1 aromatic rings. The first kappa shape index (κ1) is 13.3. The Kier molecular flexibility index (Phi) is 4.28. The third kappa shape index (κ3) is 4.21. The smallest absolute Gasteiger partial charge is 0.244 e. The molecule has 2 rings (SSSR count). The number of rotatable bonds is 3. The standard InChI is InChI=1S/C14H15FN2O2/c15-11-4-1-10(2-5-11)3-7-14(19)17-12-6-8-13(18)16-9-12/h1-5,7,12H,6,8-9H2,(H,16,18)(H,17,19). The van der Waals surface area contributed by atoms with Gasteiger partial charge in [0.05, 0.1) is 0 Å². The van der Waals surface area contributed by atoms with Crippen LogP contribution in [-0.4, -0.2) is 24.4 Å². The van der Waals surface area contributed by atoms with Crippen LogP contribution in [0.2, 0.25) is 0 Å². The van der Waals surface area contributed by atoms with Crippen LogP contribution in [0.4, 0.5) is 4.39 Å². The molecule has 1 aromatic carbocycles. The van der Waals surface area contributed by atoms with E-state index in [0.29, 0.717) is 19.4 Å². The van der Waals surface area contributed by atoms with Crippen LogP contribution in [0.25, 0.3) is 6.08 Å². The predicted octanol–water partition coefficient (Wildman–Crippen LogP) is 1.23. The lowest BCUT2D eigenvalue weighted by Gasteiger charge is -2.22. The van der Waals surface area contributed by atoms with Crippen LogP contribution in [0.1, 0.15) is 18.4 Å². The summed E-state index contributed by atoms with van der Waals surface area (Å²) in [5.74, 6) is -0.502.